The SMILES string of the molecule is CCOc1nc(-c2c[nH]c3c(C#N)cccc23)cnc1NC1CCN(I)C1. The van der Waals surface area contributed by atoms with Gasteiger partial charge in [0.2, 0.25) is 0 Å². The van der Waals surface area contributed by atoms with Crippen LogP contribution in [0.3, 0.4) is 0 Å². The Bertz CT molecular complexity index is 1010. The number of para-hydroxylation sites is 1. The molecule has 0 radical (unpaired) electrons. The first kappa shape index (κ1) is 18.0. The molecule has 0 spiro atoms. The molecule has 7 nitrogen and oxygen atoms in total. The third kappa shape index (κ3) is 3.57. The minimum Gasteiger partial charge on any atom is -0.475 e. The van der Waals surface area contributed by atoms with Crippen molar-refractivity contribution in [1.82, 2.24) is 18.1 Å². The number of aromatic amines is 1. The average molecular weight is 474 g/mol. The molecule has 1 fully saturated rings. The van der Waals surface area contributed by atoms with Gasteiger partial charge in [-0.15, -0.1) is 0 Å². The van der Waals surface area contributed by atoms with E-state index in [-0.39, 0.29) is 0 Å². The van der Waals surface area contributed by atoms with Gasteiger partial charge in [0.15, 0.2) is 5.82 Å². The zero-order valence-corrected chi connectivity index (χ0v) is 17.0. The summed E-state index contributed by atoms with van der Waals surface area (Å²) < 4.78 is 8.02. The molecule has 8 heteroatoms. The number of H-pyrrole nitrogens is 1. The van der Waals surface area contributed by atoms with E-state index in [0.29, 0.717) is 35.6 Å². The van der Waals surface area contributed by atoms with E-state index in [1.54, 1.807) is 12.3 Å². The van der Waals surface area contributed by atoms with Gasteiger partial charge in [0, 0.05) is 59.1 Å². The van der Waals surface area contributed by atoms with Gasteiger partial charge < -0.3 is 15.0 Å². The van der Waals surface area contributed by atoms with E-state index in [0.717, 1.165) is 36.0 Å². The highest BCUT2D eigenvalue weighted by atomic mass is 127. The zero-order valence-electron chi connectivity index (χ0n) is 14.9. The van der Waals surface area contributed by atoms with Crippen LogP contribution in [0.2, 0.25) is 0 Å². The molecule has 2 N–H and O–H groups in total. The Hall–Kier alpha value is -2.38. The molecule has 3 heterocycles. The molecule has 0 amide bonds. The fraction of sp³-hybridized carbons (Fsp3) is 0.316. The maximum Gasteiger partial charge on any atom is 0.258 e. The van der Waals surface area contributed by atoms with Crippen LogP contribution in [0.25, 0.3) is 22.2 Å². The lowest BCUT2D eigenvalue weighted by Crippen LogP contribution is -2.22. The molecule has 4 rings (SSSR count). The largest absolute Gasteiger partial charge is 0.475 e. The van der Waals surface area contributed by atoms with Crippen LogP contribution in [0.5, 0.6) is 5.88 Å². The number of hydrogen-bond acceptors (Lipinski definition) is 6. The van der Waals surface area contributed by atoms with Crippen molar-refractivity contribution in [2.75, 3.05) is 25.0 Å². The van der Waals surface area contributed by atoms with Crippen molar-refractivity contribution in [2.45, 2.75) is 19.4 Å². The van der Waals surface area contributed by atoms with Crippen LogP contribution in [0.4, 0.5) is 5.82 Å². The van der Waals surface area contributed by atoms with Crippen LogP contribution in [0, 0.1) is 11.3 Å². The first-order chi connectivity index (χ1) is 13.2. The lowest BCUT2D eigenvalue weighted by Gasteiger charge is -2.16. The summed E-state index contributed by atoms with van der Waals surface area (Å²) >= 11 is 2.34. The van der Waals surface area contributed by atoms with Gasteiger partial charge in [-0.2, -0.15) is 5.26 Å². The number of nitrogens with zero attached hydrogens (tertiary/aromatic N) is 4. The third-order valence-electron chi connectivity index (χ3n) is 4.61. The van der Waals surface area contributed by atoms with Gasteiger partial charge in [0.25, 0.3) is 5.88 Å². The number of ether oxygens (including phenoxy) is 1. The first-order valence-corrected chi connectivity index (χ1v) is 9.83. The topological polar surface area (TPSA) is 89.9 Å². The summed E-state index contributed by atoms with van der Waals surface area (Å²) in [5, 5.41) is 13.7. The number of nitrogens with one attached hydrogen (secondary N) is 2. The van der Waals surface area contributed by atoms with Crippen molar-refractivity contribution in [2.24, 2.45) is 0 Å². The molecule has 2 aromatic heterocycles. The summed E-state index contributed by atoms with van der Waals surface area (Å²) in [5.41, 5.74) is 3.04. The molecule has 1 aliphatic rings. The molecular formula is C19H19IN6O. The highest BCUT2D eigenvalue weighted by molar-refractivity contribution is 14.1. The minimum absolute atomic E-state index is 0.340. The maximum atomic E-state index is 9.29. The number of anilines is 1. The van der Waals surface area contributed by atoms with Crippen molar-refractivity contribution >= 4 is 39.6 Å². The van der Waals surface area contributed by atoms with Crippen molar-refractivity contribution in [3.63, 3.8) is 0 Å². The Kier molecular flexibility index (Phi) is 5.13. The molecule has 1 atom stereocenters. The Balaban J connectivity index is 1.70. The molecule has 1 unspecified atom stereocenters. The fourth-order valence-electron chi connectivity index (χ4n) is 3.33. The number of benzene rings is 1. The number of aromatic nitrogens is 3. The predicted molar refractivity (Wildman–Crippen MR) is 113 cm³/mol. The molecule has 138 valence electrons. The second-order valence-corrected chi connectivity index (χ2v) is 7.75. The van der Waals surface area contributed by atoms with E-state index in [9.17, 15) is 5.26 Å². The van der Waals surface area contributed by atoms with Crippen molar-refractivity contribution < 1.29 is 4.74 Å². The van der Waals surface area contributed by atoms with Crippen molar-refractivity contribution in [3.05, 3.63) is 36.2 Å². The Morgan fingerprint density at radius 2 is 2.37 bits per heavy atom. The first-order valence-electron chi connectivity index (χ1n) is 8.87. The molecule has 27 heavy (non-hydrogen) atoms. The molecule has 0 bridgehead atoms. The van der Waals surface area contributed by atoms with E-state index in [4.69, 9.17) is 9.72 Å². The average Bonchev–Trinajstić information content (AvgIpc) is 3.29. The van der Waals surface area contributed by atoms with Crippen LogP contribution in [0.15, 0.2) is 30.6 Å². The monoisotopic (exact) mass is 474 g/mol. The second-order valence-electron chi connectivity index (χ2n) is 6.38. The van der Waals surface area contributed by atoms with Crippen LogP contribution in [0.1, 0.15) is 18.9 Å². The van der Waals surface area contributed by atoms with E-state index < -0.39 is 0 Å². The highest BCUT2D eigenvalue weighted by Crippen LogP contribution is 2.32. The fourth-order valence-corrected chi connectivity index (χ4v) is 4.08. The van der Waals surface area contributed by atoms with Crippen molar-refractivity contribution in [3.8, 4) is 23.2 Å². The zero-order chi connectivity index (χ0) is 18.8. The molecule has 1 aliphatic heterocycles. The van der Waals surface area contributed by atoms with Gasteiger partial charge in [0.1, 0.15) is 6.07 Å². The third-order valence-corrected chi connectivity index (χ3v) is 5.49. The van der Waals surface area contributed by atoms with Crippen LogP contribution < -0.4 is 10.1 Å². The summed E-state index contributed by atoms with van der Waals surface area (Å²) in [7, 11) is 0. The van der Waals surface area contributed by atoms with Crippen LogP contribution >= 0.6 is 22.9 Å². The summed E-state index contributed by atoms with van der Waals surface area (Å²) in [4.78, 5) is 12.5. The highest BCUT2D eigenvalue weighted by Gasteiger charge is 2.23. The quantitative estimate of drug-likeness (QED) is 0.433. The smallest absolute Gasteiger partial charge is 0.258 e. The van der Waals surface area contributed by atoms with Crippen molar-refractivity contribution in [1.29, 1.82) is 5.26 Å². The number of rotatable bonds is 5. The van der Waals surface area contributed by atoms with Crippen LogP contribution in [-0.4, -0.2) is 43.8 Å². The lowest BCUT2D eigenvalue weighted by atomic mass is 10.1. The second kappa shape index (κ2) is 7.70. The molecule has 0 saturated carbocycles. The van der Waals surface area contributed by atoms with Gasteiger partial charge in [-0.05, 0) is 19.4 Å². The predicted octanol–water partition coefficient (Wildman–Crippen LogP) is 3.73. The van der Waals surface area contributed by atoms with E-state index >= 15 is 0 Å². The summed E-state index contributed by atoms with van der Waals surface area (Å²) in [6.07, 6.45) is 4.68. The lowest BCUT2D eigenvalue weighted by molar-refractivity contribution is 0.327. The Labute approximate surface area is 171 Å². The van der Waals surface area contributed by atoms with Gasteiger partial charge >= 0.3 is 0 Å². The number of nitriles is 1. The standard InChI is InChI=1S/C19H19IN6O/c1-2-27-19-18(24-13-6-7-26(20)11-13)23-10-16(25-19)15-9-22-17-12(8-21)4-3-5-14(15)17/h3-5,9-10,13,22H,2,6-7,11H2,1H3,(H,23,24). The summed E-state index contributed by atoms with van der Waals surface area (Å²) in [5.74, 6) is 1.18. The van der Waals surface area contributed by atoms with Crippen LogP contribution in [-0.2, 0) is 0 Å². The Morgan fingerprint density at radius 3 is 3.11 bits per heavy atom. The van der Waals surface area contributed by atoms with Gasteiger partial charge in [-0.1, -0.05) is 12.1 Å². The number of fused-ring (bicyclic) bond motifs is 1. The van der Waals surface area contributed by atoms with Gasteiger partial charge in [-0.25, -0.2) is 13.1 Å². The number of halogens is 1. The maximum absolute atomic E-state index is 9.29. The van der Waals surface area contributed by atoms with Gasteiger partial charge in [0.05, 0.1) is 29.6 Å². The van der Waals surface area contributed by atoms with E-state index in [2.05, 4.69) is 47.3 Å². The molecule has 1 aromatic carbocycles. The summed E-state index contributed by atoms with van der Waals surface area (Å²) in [6, 6.07) is 8.20. The number of hydrogen-bond donors (Lipinski definition) is 2. The van der Waals surface area contributed by atoms with E-state index in [1.807, 2.05) is 25.3 Å². The normalized spacial score (nSPS) is 17.1. The minimum atomic E-state index is 0.340. The van der Waals surface area contributed by atoms with Gasteiger partial charge in [-0.3, -0.25) is 0 Å². The summed E-state index contributed by atoms with van der Waals surface area (Å²) in [6.45, 7) is 4.48. The molecule has 3 aromatic rings. The van der Waals surface area contributed by atoms with E-state index in [1.165, 1.54) is 0 Å². The molecular weight excluding hydrogens is 455 g/mol. The molecule has 0 aliphatic carbocycles. The molecule has 1 saturated heterocycles. The Morgan fingerprint density at radius 1 is 1.48 bits per heavy atom.